The maximum absolute atomic E-state index is 13.3. The summed E-state index contributed by atoms with van der Waals surface area (Å²) < 4.78 is 11.8. The maximum atomic E-state index is 13.3. The largest absolute Gasteiger partial charge is 0.459 e. The molecule has 186 valence electrons. The molecule has 34 heavy (non-hydrogen) atoms. The molecular weight excluding hydrogens is 436 g/mol. The third-order valence-electron chi connectivity index (χ3n) is 11.0. The zero-order chi connectivity index (χ0) is 24.2. The Balaban J connectivity index is 1.28. The van der Waals surface area contributed by atoms with Gasteiger partial charge in [0.25, 0.3) is 0 Å². The Labute approximate surface area is 200 Å². The van der Waals surface area contributed by atoms with Crippen molar-refractivity contribution in [3.8, 4) is 0 Å². The van der Waals surface area contributed by atoms with Crippen molar-refractivity contribution in [1.29, 1.82) is 0 Å². The van der Waals surface area contributed by atoms with Crippen molar-refractivity contribution in [3.63, 3.8) is 0 Å². The minimum absolute atomic E-state index is 0.0386. The van der Waals surface area contributed by atoms with Crippen LogP contribution < -0.4 is 0 Å². The molecule has 0 bridgehead atoms. The van der Waals surface area contributed by atoms with E-state index in [9.17, 15) is 24.9 Å². The number of allylic oxidation sites excluding steroid dienone is 1. The van der Waals surface area contributed by atoms with E-state index in [0.717, 1.165) is 31.3 Å². The Morgan fingerprint density at radius 2 is 1.94 bits per heavy atom. The summed E-state index contributed by atoms with van der Waals surface area (Å²) in [6.45, 7) is 5.78. The van der Waals surface area contributed by atoms with Crippen molar-refractivity contribution < 1.29 is 34.4 Å². The van der Waals surface area contributed by atoms with Gasteiger partial charge in [0.2, 0.25) is 0 Å². The van der Waals surface area contributed by atoms with Gasteiger partial charge < -0.3 is 24.8 Å². The molecule has 1 saturated heterocycles. The van der Waals surface area contributed by atoms with Crippen LogP contribution in [0.1, 0.15) is 59.3 Å². The van der Waals surface area contributed by atoms with E-state index in [1.165, 1.54) is 6.08 Å². The van der Waals surface area contributed by atoms with Crippen molar-refractivity contribution in [2.45, 2.75) is 89.3 Å². The Morgan fingerprint density at radius 1 is 1.18 bits per heavy atom. The van der Waals surface area contributed by atoms with Gasteiger partial charge in [-0.2, -0.15) is 0 Å². The van der Waals surface area contributed by atoms with Gasteiger partial charge in [-0.15, -0.1) is 0 Å². The summed E-state index contributed by atoms with van der Waals surface area (Å²) in [7, 11) is 0. The van der Waals surface area contributed by atoms with Crippen LogP contribution >= 0.6 is 0 Å². The Hall–Kier alpha value is -1.54. The minimum atomic E-state index is -0.922. The Bertz CT molecular complexity index is 1000. The summed E-state index contributed by atoms with van der Waals surface area (Å²) in [5.74, 6) is 0.127. The van der Waals surface area contributed by atoms with E-state index in [1.54, 1.807) is 6.08 Å². The standard InChI is InChI=1S/C27H36O7/c1-13-8-15(33-24(32)17(13)12-28)9-14-4-5-18-16-10-22-27(34-22)21(31)7-6-20(30)26(27,3)23(16)19(29)11-25(14,18)2/h6-7,14-16,18-19,21-23,28-29,31H,4-5,8-12H2,1-3H3/t14-,15-,16+,18+,19+,21+,22-,23-,25-,26-,27-/m1/s1. The van der Waals surface area contributed by atoms with Crippen LogP contribution in [0.4, 0.5) is 0 Å². The highest BCUT2D eigenvalue weighted by atomic mass is 16.6. The molecule has 7 nitrogen and oxygen atoms in total. The summed E-state index contributed by atoms with van der Waals surface area (Å²) >= 11 is 0. The second-order valence-corrected chi connectivity index (χ2v) is 12.2. The Kier molecular flexibility index (Phi) is 4.88. The molecule has 6 rings (SSSR count). The monoisotopic (exact) mass is 472 g/mol. The van der Waals surface area contributed by atoms with Crippen molar-refractivity contribution in [3.05, 3.63) is 23.3 Å². The molecule has 6 aliphatic rings. The van der Waals surface area contributed by atoms with Crippen LogP contribution in [0.3, 0.4) is 0 Å². The highest BCUT2D eigenvalue weighted by Gasteiger charge is 2.81. The number of hydrogen-bond donors (Lipinski definition) is 3. The fraction of sp³-hybridized carbons (Fsp3) is 0.778. The van der Waals surface area contributed by atoms with Gasteiger partial charge in [0.05, 0.1) is 29.8 Å². The van der Waals surface area contributed by atoms with E-state index in [4.69, 9.17) is 9.47 Å². The zero-order valence-electron chi connectivity index (χ0n) is 20.2. The molecule has 0 radical (unpaired) electrons. The number of ketones is 1. The second-order valence-electron chi connectivity index (χ2n) is 12.2. The second kappa shape index (κ2) is 7.25. The molecule has 4 fully saturated rings. The molecule has 3 saturated carbocycles. The number of fused-ring (bicyclic) bond motifs is 4. The van der Waals surface area contributed by atoms with Gasteiger partial charge in [0.1, 0.15) is 17.8 Å². The average Bonchev–Trinajstić information content (AvgIpc) is 3.42. The molecule has 2 heterocycles. The lowest BCUT2D eigenvalue weighted by Crippen LogP contribution is -2.66. The molecular formula is C27H36O7. The van der Waals surface area contributed by atoms with Crippen LogP contribution in [0.2, 0.25) is 0 Å². The number of hydrogen-bond acceptors (Lipinski definition) is 7. The number of aliphatic hydroxyl groups is 3. The van der Waals surface area contributed by atoms with Crippen molar-refractivity contribution in [2.24, 2.45) is 34.5 Å². The molecule has 0 aromatic rings. The first kappa shape index (κ1) is 22.9. The van der Waals surface area contributed by atoms with Crippen LogP contribution in [0.25, 0.3) is 0 Å². The van der Waals surface area contributed by atoms with E-state index in [1.807, 2.05) is 13.8 Å². The first-order valence-electron chi connectivity index (χ1n) is 12.8. The number of rotatable bonds is 3. The third-order valence-corrected chi connectivity index (χ3v) is 11.0. The molecule has 1 spiro atoms. The number of carbonyl (C=O) groups is 2. The van der Waals surface area contributed by atoms with Gasteiger partial charge in [0.15, 0.2) is 5.78 Å². The maximum Gasteiger partial charge on any atom is 0.336 e. The van der Waals surface area contributed by atoms with E-state index >= 15 is 0 Å². The molecule has 7 heteroatoms. The van der Waals surface area contributed by atoms with Crippen LogP contribution in [-0.2, 0) is 19.1 Å². The first-order valence-corrected chi connectivity index (χ1v) is 12.8. The van der Waals surface area contributed by atoms with Crippen LogP contribution in [0, 0.1) is 34.5 Å². The predicted octanol–water partition coefficient (Wildman–Crippen LogP) is 2.08. The number of cyclic esters (lactones) is 1. The number of esters is 1. The summed E-state index contributed by atoms with van der Waals surface area (Å²) in [4.78, 5) is 25.6. The summed E-state index contributed by atoms with van der Waals surface area (Å²) in [6.07, 6.45) is 6.00. The van der Waals surface area contributed by atoms with Gasteiger partial charge in [-0.05, 0) is 81.3 Å². The quantitative estimate of drug-likeness (QED) is 0.425. The number of carbonyl (C=O) groups excluding carboxylic acids is 2. The van der Waals surface area contributed by atoms with Crippen LogP contribution in [0.15, 0.2) is 23.3 Å². The van der Waals surface area contributed by atoms with E-state index in [0.29, 0.717) is 30.3 Å². The normalized spacial score (nSPS) is 53.6. The average molecular weight is 473 g/mol. The highest BCUT2D eigenvalue weighted by Crippen LogP contribution is 2.72. The SMILES string of the molecule is CC1=C(CO)C(=O)O[C@@H](C[C@H]2CC[C@H]3[C@@H]4C[C@H]5O[C@]56[C@@H](O)C=CC(=O)[C@]6(C)[C@H]4[C@@H](O)C[C@]23C)C1. The van der Waals surface area contributed by atoms with Gasteiger partial charge in [-0.3, -0.25) is 4.79 Å². The van der Waals surface area contributed by atoms with Crippen LogP contribution in [-0.4, -0.2) is 63.7 Å². The minimum Gasteiger partial charge on any atom is -0.459 e. The number of aliphatic hydroxyl groups excluding tert-OH is 3. The van der Waals surface area contributed by atoms with Gasteiger partial charge in [0, 0.05) is 12.3 Å². The smallest absolute Gasteiger partial charge is 0.336 e. The third kappa shape index (κ3) is 2.67. The molecule has 3 N–H and O–H groups in total. The fourth-order valence-electron chi connectivity index (χ4n) is 9.35. The molecule has 2 aliphatic heterocycles. The summed E-state index contributed by atoms with van der Waals surface area (Å²) in [5, 5.41) is 31.9. The van der Waals surface area contributed by atoms with Crippen molar-refractivity contribution >= 4 is 11.8 Å². The topological polar surface area (TPSA) is 117 Å². The van der Waals surface area contributed by atoms with Crippen molar-refractivity contribution in [2.75, 3.05) is 6.61 Å². The lowest BCUT2D eigenvalue weighted by atomic mass is 9.44. The van der Waals surface area contributed by atoms with Gasteiger partial charge >= 0.3 is 5.97 Å². The molecule has 0 amide bonds. The summed E-state index contributed by atoms with van der Waals surface area (Å²) in [6, 6.07) is 0. The fourth-order valence-corrected chi connectivity index (χ4v) is 9.35. The van der Waals surface area contributed by atoms with Crippen LogP contribution in [0.5, 0.6) is 0 Å². The predicted molar refractivity (Wildman–Crippen MR) is 121 cm³/mol. The first-order chi connectivity index (χ1) is 16.1. The molecule has 0 aromatic carbocycles. The van der Waals surface area contributed by atoms with E-state index in [-0.39, 0.29) is 41.8 Å². The lowest BCUT2D eigenvalue weighted by molar-refractivity contribution is -0.174. The van der Waals surface area contributed by atoms with E-state index < -0.39 is 29.2 Å². The highest BCUT2D eigenvalue weighted by molar-refractivity contribution is 5.98. The van der Waals surface area contributed by atoms with Gasteiger partial charge in [-0.25, -0.2) is 4.79 Å². The molecule has 4 aliphatic carbocycles. The number of ether oxygens (including phenoxy) is 2. The van der Waals surface area contributed by atoms with Gasteiger partial charge in [-0.1, -0.05) is 12.5 Å². The molecule has 0 aromatic heterocycles. The van der Waals surface area contributed by atoms with E-state index in [2.05, 4.69) is 6.92 Å². The summed E-state index contributed by atoms with van der Waals surface area (Å²) in [5.41, 5.74) is -0.650. The Morgan fingerprint density at radius 3 is 2.65 bits per heavy atom. The zero-order valence-corrected chi connectivity index (χ0v) is 20.2. The lowest BCUT2D eigenvalue weighted by Gasteiger charge is -2.59. The van der Waals surface area contributed by atoms with Crippen molar-refractivity contribution in [1.82, 2.24) is 0 Å². The number of epoxide rings is 1. The molecule has 0 unspecified atom stereocenters. The molecule has 11 atom stereocenters.